The Labute approximate surface area is 113 Å². The molecule has 19 heavy (non-hydrogen) atoms. The van der Waals surface area contributed by atoms with Gasteiger partial charge < -0.3 is 20.6 Å². The average Bonchev–Trinajstić information content (AvgIpc) is 2.36. The lowest BCUT2D eigenvalue weighted by Crippen LogP contribution is -2.39. The van der Waals surface area contributed by atoms with Crippen LogP contribution < -0.4 is 10.6 Å². The van der Waals surface area contributed by atoms with Crippen LogP contribution in [0.15, 0.2) is 0 Å². The SMILES string of the molecule is CCN(CC)C(=O)CCNC(=O)NCCCC(=O)O. The molecule has 0 saturated carbocycles. The van der Waals surface area contributed by atoms with Gasteiger partial charge in [0.2, 0.25) is 5.91 Å². The molecular weight excluding hydrogens is 250 g/mol. The number of carbonyl (C=O) groups excluding carboxylic acids is 2. The number of nitrogens with one attached hydrogen (secondary N) is 2. The molecule has 0 aliphatic rings. The van der Waals surface area contributed by atoms with E-state index in [1.807, 2.05) is 13.8 Å². The Balaban J connectivity index is 3.63. The second-order valence-corrected chi connectivity index (χ2v) is 4.00. The summed E-state index contributed by atoms with van der Waals surface area (Å²) in [5.41, 5.74) is 0. The minimum atomic E-state index is -0.882. The molecule has 0 bridgehead atoms. The maximum absolute atomic E-state index is 11.6. The number of urea groups is 1. The van der Waals surface area contributed by atoms with Crippen molar-refractivity contribution in [2.45, 2.75) is 33.1 Å². The van der Waals surface area contributed by atoms with E-state index < -0.39 is 5.97 Å². The first-order valence-electron chi connectivity index (χ1n) is 6.52. The fourth-order valence-corrected chi connectivity index (χ4v) is 1.52. The van der Waals surface area contributed by atoms with Crippen molar-refractivity contribution in [1.82, 2.24) is 15.5 Å². The topological polar surface area (TPSA) is 98.7 Å². The monoisotopic (exact) mass is 273 g/mol. The average molecular weight is 273 g/mol. The minimum absolute atomic E-state index is 0.0103. The third-order valence-electron chi connectivity index (χ3n) is 2.59. The molecule has 7 nitrogen and oxygen atoms in total. The minimum Gasteiger partial charge on any atom is -0.481 e. The molecule has 0 atom stereocenters. The van der Waals surface area contributed by atoms with Crippen LogP contribution in [0.25, 0.3) is 0 Å². The first-order chi connectivity index (χ1) is 9.01. The molecule has 0 aromatic rings. The molecule has 0 aromatic carbocycles. The summed E-state index contributed by atoms with van der Waals surface area (Å²) < 4.78 is 0. The molecule has 7 heteroatoms. The number of hydrogen-bond acceptors (Lipinski definition) is 3. The summed E-state index contributed by atoms with van der Waals surface area (Å²) in [4.78, 5) is 34.8. The van der Waals surface area contributed by atoms with E-state index in [4.69, 9.17) is 5.11 Å². The van der Waals surface area contributed by atoms with Gasteiger partial charge in [-0.15, -0.1) is 0 Å². The first kappa shape index (κ1) is 17.2. The lowest BCUT2D eigenvalue weighted by molar-refractivity contribution is -0.137. The van der Waals surface area contributed by atoms with Gasteiger partial charge in [-0.1, -0.05) is 0 Å². The van der Waals surface area contributed by atoms with Gasteiger partial charge in [-0.3, -0.25) is 9.59 Å². The Hall–Kier alpha value is -1.79. The highest BCUT2D eigenvalue weighted by molar-refractivity contribution is 5.78. The molecule has 0 radical (unpaired) electrons. The van der Waals surface area contributed by atoms with Crippen molar-refractivity contribution in [3.05, 3.63) is 0 Å². The maximum atomic E-state index is 11.6. The largest absolute Gasteiger partial charge is 0.481 e. The zero-order valence-electron chi connectivity index (χ0n) is 11.6. The first-order valence-corrected chi connectivity index (χ1v) is 6.52. The van der Waals surface area contributed by atoms with Gasteiger partial charge in [0.15, 0.2) is 0 Å². The Morgan fingerprint density at radius 1 is 1.00 bits per heavy atom. The fraction of sp³-hybridized carbons (Fsp3) is 0.750. The van der Waals surface area contributed by atoms with E-state index >= 15 is 0 Å². The van der Waals surface area contributed by atoms with E-state index in [-0.39, 0.29) is 31.3 Å². The third-order valence-corrected chi connectivity index (χ3v) is 2.59. The fourth-order valence-electron chi connectivity index (χ4n) is 1.52. The van der Waals surface area contributed by atoms with Gasteiger partial charge in [0.1, 0.15) is 0 Å². The smallest absolute Gasteiger partial charge is 0.314 e. The Morgan fingerprint density at radius 2 is 1.58 bits per heavy atom. The molecule has 0 saturated heterocycles. The van der Waals surface area contributed by atoms with E-state index in [1.54, 1.807) is 4.90 Å². The van der Waals surface area contributed by atoms with Crippen molar-refractivity contribution < 1.29 is 19.5 Å². The molecule has 0 aliphatic heterocycles. The van der Waals surface area contributed by atoms with Crippen LogP contribution in [0.4, 0.5) is 4.79 Å². The normalized spacial score (nSPS) is 9.79. The van der Waals surface area contributed by atoms with E-state index in [1.165, 1.54) is 0 Å². The number of amides is 3. The third kappa shape index (κ3) is 8.87. The molecule has 0 rings (SSSR count). The second-order valence-electron chi connectivity index (χ2n) is 4.00. The molecule has 0 fully saturated rings. The standard InChI is InChI=1S/C12H23N3O4/c1-3-15(4-2)10(16)7-9-14-12(19)13-8-5-6-11(17)18/h3-9H2,1-2H3,(H,17,18)(H2,13,14,19). The summed E-state index contributed by atoms with van der Waals surface area (Å²) in [6.07, 6.45) is 0.687. The number of carbonyl (C=O) groups is 3. The molecule has 0 aliphatic carbocycles. The maximum Gasteiger partial charge on any atom is 0.314 e. The summed E-state index contributed by atoms with van der Waals surface area (Å²) in [5.74, 6) is -0.872. The number of aliphatic carboxylic acids is 1. The van der Waals surface area contributed by atoms with Crippen molar-refractivity contribution in [2.75, 3.05) is 26.2 Å². The van der Waals surface area contributed by atoms with Gasteiger partial charge in [0.05, 0.1) is 0 Å². The van der Waals surface area contributed by atoms with Crippen molar-refractivity contribution >= 4 is 17.9 Å². The highest BCUT2D eigenvalue weighted by atomic mass is 16.4. The van der Waals surface area contributed by atoms with Crippen LogP contribution in [0.5, 0.6) is 0 Å². The summed E-state index contributed by atoms with van der Waals surface area (Å²) in [7, 11) is 0. The predicted molar refractivity (Wildman–Crippen MR) is 70.8 cm³/mol. The molecular formula is C12H23N3O4. The van der Waals surface area contributed by atoms with E-state index in [9.17, 15) is 14.4 Å². The van der Waals surface area contributed by atoms with Crippen LogP contribution in [0, 0.1) is 0 Å². The Morgan fingerprint density at radius 3 is 2.11 bits per heavy atom. The van der Waals surface area contributed by atoms with E-state index in [0.717, 1.165) is 0 Å². The van der Waals surface area contributed by atoms with Gasteiger partial charge in [-0.25, -0.2) is 4.79 Å². The van der Waals surface area contributed by atoms with Crippen LogP contribution >= 0.6 is 0 Å². The van der Waals surface area contributed by atoms with Crippen LogP contribution in [-0.4, -0.2) is 54.1 Å². The highest BCUT2D eigenvalue weighted by Crippen LogP contribution is 1.92. The summed E-state index contributed by atoms with van der Waals surface area (Å²) in [5, 5.41) is 13.5. The molecule has 3 N–H and O–H groups in total. The van der Waals surface area contributed by atoms with Crippen LogP contribution in [-0.2, 0) is 9.59 Å². The molecule has 110 valence electrons. The van der Waals surface area contributed by atoms with E-state index in [0.29, 0.717) is 26.1 Å². The van der Waals surface area contributed by atoms with Gasteiger partial charge in [0, 0.05) is 39.0 Å². The summed E-state index contributed by atoms with van der Waals surface area (Å²) in [6, 6.07) is -0.377. The molecule has 0 aromatic heterocycles. The van der Waals surface area contributed by atoms with Gasteiger partial charge in [0.25, 0.3) is 0 Å². The van der Waals surface area contributed by atoms with Crippen molar-refractivity contribution in [2.24, 2.45) is 0 Å². The molecule has 0 heterocycles. The van der Waals surface area contributed by atoms with Crippen molar-refractivity contribution in [3.63, 3.8) is 0 Å². The molecule has 3 amide bonds. The quantitative estimate of drug-likeness (QED) is 0.530. The van der Waals surface area contributed by atoms with Crippen LogP contribution in [0.2, 0.25) is 0 Å². The highest BCUT2D eigenvalue weighted by Gasteiger charge is 2.09. The Kier molecular flexibility index (Phi) is 9.20. The van der Waals surface area contributed by atoms with Crippen molar-refractivity contribution in [1.29, 1.82) is 0 Å². The van der Waals surface area contributed by atoms with Gasteiger partial charge in [-0.2, -0.15) is 0 Å². The zero-order valence-corrected chi connectivity index (χ0v) is 11.6. The Bertz CT molecular complexity index is 303. The second kappa shape index (κ2) is 10.2. The van der Waals surface area contributed by atoms with Crippen LogP contribution in [0.1, 0.15) is 33.1 Å². The predicted octanol–water partition coefficient (Wildman–Crippen LogP) is 0.409. The van der Waals surface area contributed by atoms with Gasteiger partial charge >= 0.3 is 12.0 Å². The number of carboxylic acids is 1. The lowest BCUT2D eigenvalue weighted by Gasteiger charge is -2.18. The molecule has 0 spiro atoms. The summed E-state index contributed by atoms with van der Waals surface area (Å²) >= 11 is 0. The number of rotatable bonds is 9. The van der Waals surface area contributed by atoms with Crippen molar-refractivity contribution in [3.8, 4) is 0 Å². The summed E-state index contributed by atoms with van der Waals surface area (Å²) in [6.45, 7) is 5.73. The lowest BCUT2D eigenvalue weighted by atomic mass is 10.3. The number of carboxylic acid groups (broad SMARTS) is 1. The number of nitrogens with zero attached hydrogens (tertiary/aromatic N) is 1. The zero-order chi connectivity index (χ0) is 14.7. The number of hydrogen-bond donors (Lipinski definition) is 3. The van der Waals surface area contributed by atoms with E-state index in [2.05, 4.69) is 10.6 Å². The van der Waals surface area contributed by atoms with Gasteiger partial charge in [-0.05, 0) is 20.3 Å². The van der Waals surface area contributed by atoms with Crippen LogP contribution in [0.3, 0.4) is 0 Å². The molecule has 0 unspecified atom stereocenters.